The number of nitrogens with zero attached hydrogens (tertiary/aromatic N) is 1. The zero-order valence-electron chi connectivity index (χ0n) is 31.3. The van der Waals surface area contributed by atoms with Crippen LogP contribution in [0.4, 0.5) is 0 Å². The van der Waals surface area contributed by atoms with E-state index in [9.17, 15) is 43.5 Å². The first-order chi connectivity index (χ1) is 24.0. The number of carbonyl (C=O) groups is 8. The Balaban J connectivity index is 5.35. The van der Waals surface area contributed by atoms with Gasteiger partial charge in [-0.1, -0.05) is 27.7 Å². The van der Waals surface area contributed by atoms with Crippen molar-refractivity contribution < 1.29 is 43.5 Å². The van der Waals surface area contributed by atoms with E-state index in [1.165, 1.54) is 27.7 Å². The Morgan fingerprint density at radius 3 is 1.44 bits per heavy atom. The van der Waals surface area contributed by atoms with Gasteiger partial charge in [-0.05, 0) is 65.2 Å². The molecule has 20 heteroatoms. The molecule has 0 aliphatic rings. The summed E-state index contributed by atoms with van der Waals surface area (Å²) in [6, 6.07) is -7.51. The van der Waals surface area contributed by atoms with E-state index in [0.717, 1.165) is 0 Å². The molecule has 14 N–H and O–H groups in total. The molecule has 296 valence electrons. The average Bonchev–Trinajstić information content (AvgIpc) is 3.03. The van der Waals surface area contributed by atoms with Crippen molar-refractivity contribution in [3.63, 3.8) is 0 Å². The Kier molecular flexibility index (Phi) is 21.2. The number of carboxylic acids is 1. The van der Waals surface area contributed by atoms with Gasteiger partial charge in [0.25, 0.3) is 0 Å². The Morgan fingerprint density at radius 1 is 0.577 bits per heavy atom. The quantitative estimate of drug-likeness (QED) is 0.0278. The summed E-state index contributed by atoms with van der Waals surface area (Å²) < 4.78 is 0. The first kappa shape index (κ1) is 47.0. The minimum absolute atomic E-state index is 0.0306. The van der Waals surface area contributed by atoms with Crippen LogP contribution >= 0.6 is 0 Å². The summed E-state index contributed by atoms with van der Waals surface area (Å²) >= 11 is 0. The predicted octanol–water partition coefficient (Wildman–Crippen LogP) is -3.35. The van der Waals surface area contributed by atoms with Crippen LogP contribution in [0.1, 0.15) is 81.1 Å². The lowest BCUT2D eigenvalue weighted by Gasteiger charge is -2.25. The van der Waals surface area contributed by atoms with Gasteiger partial charge in [-0.15, -0.1) is 0 Å². The summed E-state index contributed by atoms with van der Waals surface area (Å²) in [5.74, 6) is -6.33. The molecule has 52 heavy (non-hydrogen) atoms. The average molecular weight is 742 g/mol. The highest BCUT2D eigenvalue weighted by molar-refractivity contribution is 5.96. The van der Waals surface area contributed by atoms with Crippen LogP contribution in [0, 0.1) is 11.8 Å². The fourth-order valence-electron chi connectivity index (χ4n) is 4.49. The van der Waals surface area contributed by atoms with E-state index in [4.69, 9.17) is 17.2 Å². The number of carbonyl (C=O) groups excluding carboxylic acids is 7. The first-order valence-electron chi connectivity index (χ1n) is 17.2. The highest BCUT2D eigenvalue weighted by Crippen LogP contribution is 2.08. The van der Waals surface area contributed by atoms with E-state index in [-0.39, 0.29) is 50.0 Å². The smallest absolute Gasteiger partial charge is 0.326 e. The molecule has 0 aromatic carbocycles. The Labute approximate surface area is 304 Å². The molecule has 0 heterocycles. The summed E-state index contributed by atoms with van der Waals surface area (Å²) in [7, 11) is 0. The molecule has 0 fully saturated rings. The largest absolute Gasteiger partial charge is 0.480 e. The van der Waals surface area contributed by atoms with Crippen molar-refractivity contribution in [3.8, 4) is 0 Å². The molecule has 0 bridgehead atoms. The van der Waals surface area contributed by atoms with Crippen LogP contribution in [0.15, 0.2) is 4.99 Å². The lowest BCUT2D eigenvalue weighted by Crippen LogP contribution is -2.57. The number of amides is 7. The highest BCUT2D eigenvalue weighted by Gasteiger charge is 2.30. The van der Waals surface area contributed by atoms with Gasteiger partial charge in [-0.3, -0.25) is 38.6 Å². The number of guanidine groups is 1. The third kappa shape index (κ3) is 19.4. The third-order valence-electron chi connectivity index (χ3n) is 7.35. The molecule has 0 saturated carbocycles. The fourth-order valence-corrected chi connectivity index (χ4v) is 4.49. The molecule has 0 aromatic rings. The van der Waals surface area contributed by atoms with Gasteiger partial charge < -0.3 is 59.5 Å². The van der Waals surface area contributed by atoms with Crippen molar-refractivity contribution in [3.05, 3.63) is 0 Å². The Morgan fingerprint density at radius 2 is 1.00 bits per heavy atom. The molecule has 0 aromatic heterocycles. The second-order valence-electron chi connectivity index (χ2n) is 13.5. The van der Waals surface area contributed by atoms with Crippen molar-refractivity contribution >= 4 is 53.3 Å². The number of aliphatic imine (C=N–C) groups is 1. The number of hydrogen-bond acceptors (Lipinski definition) is 10. The summed E-state index contributed by atoms with van der Waals surface area (Å²) in [6.45, 7) is 12.5. The number of hydrogen-bond donors (Lipinski definition) is 11. The van der Waals surface area contributed by atoms with Crippen molar-refractivity contribution in [2.75, 3.05) is 13.1 Å². The maximum Gasteiger partial charge on any atom is 0.326 e. The molecule has 0 aliphatic heterocycles. The topological polar surface area (TPSA) is 331 Å². The molecule has 7 unspecified atom stereocenters. The third-order valence-corrected chi connectivity index (χ3v) is 7.35. The van der Waals surface area contributed by atoms with E-state index in [2.05, 4.69) is 42.2 Å². The molecule has 0 saturated heterocycles. The minimum Gasteiger partial charge on any atom is -0.480 e. The molecule has 7 amide bonds. The van der Waals surface area contributed by atoms with Crippen LogP contribution in [-0.2, 0) is 38.4 Å². The fraction of sp³-hybridized carbons (Fsp3) is 0.719. The van der Waals surface area contributed by atoms with Gasteiger partial charge in [0.15, 0.2) is 5.96 Å². The highest BCUT2D eigenvalue weighted by atomic mass is 16.4. The predicted molar refractivity (Wildman–Crippen MR) is 192 cm³/mol. The number of aliphatic carboxylic acids is 1. The van der Waals surface area contributed by atoms with Crippen molar-refractivity contribution in [1.82, 2.24) is 37.2 Å². The molecule has 7 atom stereocenters. The minimum atomic E-state index is -1.28. The maximum atomic E-state index is 13.1. The van der Waals surface area contributed by atoms with E-state index in [1.807, 2.05) is 27.7 Å². The lowest BCUT2D eigenvalue weighted by molar-refractivity contribution is -0.142. The van der Waals surface area contributed by atoms with Crippen molar-refractivity contribution in [2.24, 2.45) is 34.0 Å². The van der Waals surface area contributed by atoms with E-state index < -0.39 is 96.2 Å². The normalized spacial score (nSPS) is 15.0. The Hall–Kier alpha value is -5.01. The molecule has 0 radical (unpaired) electrons. The zero-order chi connectivity index (χ0) is 40.3. The standard InChI is InChI=1S/C32H59N11O9/c1-15(2)12-22(43-28(48)19(7)39-26(46)18(6)38-25(45)17(5)33)29(49)37-14-24(44)41-23(13-16(3)4)30(50)40-20(8)27(47)42-21(31(51)52)10-9-11-36-32(34)35/h15-23H,9-14,33H2,1-8H3,(H,37,49)(H,38,45)(H,39,46)(H,40,50)(H,41,44)(H,42,47)(H,43,48)(H,51,52)(H4,34,35,36). The number of nitrogens with one attached hydrogen (secondary N) is 7. The number of rotatable bonds is 23. The van der Waals surface area contributed by atoms with Crippen LogP contribution in [0.3, 0.4) is 0 Å². The van der Waals surface area contributed by atoms with Gasteiger partial charge in [0.1, 0.15) is 36.3 Å². The molecule has 0 spiro atoms. The number of nitrogens with two attached hydrogens (primary N) is 3. The summed E-state index contributed by atoms with van der Waals surface area (Å²) in [5.41, 5.74) is 16.0. The summed E-state index contributed by atoms with van der Waals surface area (Å²) in [4.78, 5) is 104. The maximum absolute atomic E-state index is 13.1. The van der Waals surface area contributed by atoms with Crippen LogP contribution < -0.4 is 54.4 Å². The van der Waals surface area contributed by atoms with Gasteiger partial charge >= 0.3 is 5.97 Å². The van der Waals surface area contributed by atoms with E-state index in [0.29, 0.717) is 0 Å². The molecule has 20 nitrogen and oxygen atoms in total. The first-order valence-corrected chi connectivity index (χ1v) is 17.2. The second-order valence-corrected chi connectivity index (χ2v) is 13.5. The molecule has 0 aliphatic carbocycles. The molecule has 0 rings (SSSR count). The van der Waals surface area contributed by atoms with Gasteiger partial charge in [0.05, 0.1) is 12.6 Å². The molecular weight excluding hydrogens is 682 g/mol. The monoisotopic (exact) mass is 741 g/mol. The number of carboxylic acid groups (broad SMARTS) is 1. The van der Waals surface area contributed by atoms with Gasteiger partial charge in [-0.2, -0.15) is 0 Å². The summed E-state index contributed by atoms with van der Waals surface area (Å²) in [6.07, 6.45) is 0.667. The molecular formula is C32H59N11O9. The van der Waals surface area contributed by atoms with Crippen LogP contribution in [0.25, 0.3) is 0 Å². The van der Waals surface area contributed by atoms with Crippen molar-refractivity contribution in [2.45, 2.75) is 123 Å². The van der Waals surface area contributed by atoms with Crippen LogP contribution in [0.5, 0.6) is 0 Å². The van der Waals surface area contributed by atoms with Crippen LogP contribution in [-0.4, -0.2) is 114 Å². The second kappa shape index (κ2) is 23.5. The van der Waals surface area contributed by atoms with E-state index in [1.54, 1.807) is 0 Å². The Bertz CT molecular complexity index is 1290. The van der Waals surface area contributed by atoms with Crippen LogP contribution in [0.2, 0.25) is 0 Å². The SMILES string of the molecule is CC(C)CC(NC(=O)CNC(=O)C(CC(C)C)NC(=O)C(C)NC(=O)C(C)NC(=O)C(C)N)C(=O)NC(C)C(=O)NC(CCCN=C(N)N)C(=O)O. The van der Waals surface area contributed by atoms with Crippen molar-refractivity contribution in [1.29, 1.82) is 0 Å². The van der Waals surface area contributed by atoms with Gasteiger partial charge in [0.2, 0.25) is 41.4 Å². The van der Waals surface area contributed by atoms with E-state index >= 15 is 0 Å². The van der Waals surface area contributed by atoms with Gasteiger partial charge in [-0.25, -0.2) is 4.79 Å². The summed E-state index contributed by atoms with van der Waals surface area (Å²) in [5, 5.41) is 26.8. The lowest BCUT2D eigenvalue weighted by atomic mass is 10.0. The zero-order valence-corrected chi connectivity index (χ0v) is 31.3. The van der Waals surface area contributed by atoms with Gasteiger partial charge in [0, 0.05) is 6.54 Å².